The predicted octanol–water partition coefficient (Wildman–Crippen LogP) is 1.06. The van der Waals surface area contributed by atoms with Crippen molar-refractivity contribution in [2.75, 3.05) is 6.54 Å². The molecule has 0 saturated heterocycles. The summed E-state index contributed by atoms with van der Waals surface area (Å²) in [5.41, 5.74) is 6.31. The van der Waals surface area contributed by atoms with E-state index < -0.39 is 6.10 Å². The Morgan fingerprint density at radius 1 is 1.69 bits per heavy atom. The molecule has 1 aromatic rings. The summed E-state index contributed by atoms with van der Waals surface area (Å²) in [6.45, 7) is 2.01. The summed E-state index contributed by atoms with van der Waals surface area (Å²) in [7, 11) is 0. The molecule has 0 aromatic carbocycles. The number of amides is 1. The summed E-state index contributed by atoms with van der Waals surface area (Å²) in [6, 6.07) is 1.69. The van der Waals surface area contributed by atoms with Crippen LogP contribution >= 0.6 is 23.7 Å². The molecule has 0 aliphatic rings. The molecule has 4 nitrogen and oxygen atoms in total. The second kappa shape index (κ2) is 7.62. The fourth-order valence-electron chi connectivity index (χ4n) is 1.16. The van der Waals surface area contributed by atoms with Crippen LogP contribution < -0.4 is 11.1 Å². The first-order valence-electron chi connectivity index (χ1n) is 4.82. The zero-order chi connectivity index (χ0) is 11.3. The highest BCUT2D eigenvalue weighted by atomic mass is 35.5. The number of hydrogen-bond acceptors (Lipinski definition) is 4. The van der Waals surface area contributed by atoms with E-state index in [1.165, 1.54) is 11.3 Å². The first-order chi connectivity index (χ1) is 7.09. The van der Waals surface area contributed by atoms with Crippen LogP contribution in [0.3, 0.4) is 0 Å². The van der Waals surface area contributed by atoms with E-state index >= 15 is 0 Å². The van der Waals surface area contributed by atoms with Crippen LogP contribution in [0, 0.1) is 0 Å². The Morgan fingerprint density at radius 2 is 2.38 bits per heavy atom. The number of aliphatic hydroxyl groups is 1. The van der Waals surface area contributed by atoms with Crippen molar-refractivity contribution in [3.05, 3.63) is 22.4 Å². The second-order valence-electron chi connectivity index (χ2n) is 3.56. The van der Waals surface area contributed by atoms with Gasteiger partial charge in [-0.2, -0.15) is 11.3 Å². The van der Waals surface area contributed by atoms with E-state index in [-0.39, 0.29) is 37.3 Å². The third kappa shape index (κ3) is 5.46. The SMILES string of the molecule is CC(N)CC(=O)NCC(O)c1ccsc1.Cl. The number of thiophene rings is 1. The summed E-state index contributed by atoms with van der Waals surface area (Å²) in [5.74, 6) is -0.126. The quantitative estimate of drug-likeness (QED) is 0.744. The number of rotatable bonds is 5. The maximum atomic E-state index is 11.2. The maximum absolute atomic E-state index is 11.2. The maximum Gasteiger partial charge on any atom is 0.221 e. The lowest BCUT2D eigenvalue weighted by molar-refractivity contribution is -0.121. The fourth-order valence-corrected chi connectivity index (χ4v) is 1.86. The molecule has 1 heterocycles. The van der Waals surface area contributed by atoms with E-state index in [9.17, 15) is 9.90 Å². The van der Waals surface area contributed by atoms with Crippen LogP contribution in [0.25, 0.3) is 0 Å². The van der Waals surface area contributed by atoms with Gasteiger partial charge in [0.2, 0.25) is 5.91 Å². The largest absolute Gasteiger partial charge is 0.387 e. The van der Waals surface area contributed by atoms with Gasteiger partial charge in [-0.15, -0.1) is 12.4 Å². The molecule has 1 amide bonds. The lowest BCUT2D eigenvalue weighted by Crippen LogP contribution is -2.32. The van der Waals surface area contributed by atoms with E-state index in [0.29, 0.717) is 0 Å². The molecule has 16 heavy (non-hydrogen) atoms. The zero-order valence-corrected chi connectivity index (χ0v) is 10.7. The summed E-state index contributed by atoms with van der Waals surface area (Å²) >= 11 is 1.52. The highest BCUT2D eigenvalue weighted by Crippen LogP contribution is 2.14. The van der Waals surface area contributed by atoms with Gasteiger partial charge in [-0.1, -0.05) is 0 Å². The van der Waals surface area contributed by atoms with E-state index in [1.807, 2.05) is 16.8 Å². The number of nitrogens with one attached hydrogen (secondary N) is 1. The van der Waals surface area contributed by atoms with Gasteiger partial charge in [-0.05, 0) is 29.3 Å². The van der Waals surface area contributed by atoms with Crippen molar-refractivity contribution in [1.29, 1.82) is 0 Å². The van der Waals surface area contributed by atoms with Crippen LogP contribution in [0.1, 0.15) is 25.0 Å². The van der Waals surface area contributed by atoms with Crippen LogP contribution in [0.4, 0.5) is 0 Å². The molecule has 4 N–H and O–H groups in total. The van der Waals surface area contributed by atoms with E-state index in [1.54, 1.807) is 6.92 Å². The van der Waals surface area contributed by atoms with Crippen molar-refractivity contribution < 1.29 is 9.90 Å². The second-order valence-corrected chi connectivity index (χ2v) is 4.34. The lowest BCUT2D eigenvalue weighted by atomic mass is 10.2. The molecule has 2 unspecified atom stereocenters. The highest BCUT2D eigenvalue weighted by molar-refractivity contribution is 7.07. The summed E-state index contributed by atoms with van der Waals surface area (Å²) in [5, 5.41) is 16.0. The van der Waals surface area contributed by atoms with Crippen molar-refractivity contribution in [2.45, 2.75) is 25.5 Å². The number of carbonyl (C=O) groups excluding carboxylic acids is 1. The number of halogens is 1. The Labute approximate surface area is 105 Å². The number of hydrogen-bond donors (Lipinski definition) is 3. The topological polar surface area (TPSA) is 75.4 Å². The average molecular weight is 265 g/mol. The highest BCUT2D eigenvalue weighted by Gasteiger charge is 2.10. The predicted molar refractivity (Wildman–Crippen MR) is 67.8 cm³/mol. The van der Waals surface area contributed by atoms with Crippen molar-refractivity contribution in [2.24, 2.45) is 5.73 Å². The van der Waals surface area contributed by atoms with Crippen LogP contribution in [-0.4, -0.2) is 23.6 Å². The molecule has 2 atom stereocenters. The molecular formula is C10H17ClN2O2S. The summed E-state index contributed by atoms with van der Waals surface area (Å²) < 4.78 is 0. The molecule has 1 aromatic heterocycles. The number of aliphatic hydroxyl groups excluding tert-OH is 1. The van der Waals surface area contributed by atoms with Gasteiger partial charge in [0.15, 0.2) is 0 Å². The first-order valence-corrected chi connectivity index (χ1v) is 5.76. The lowest BCUT2D eigenvalue weighted by Gasteiger charge is -2.11. The van der Waals surface area contributed by atoms with Gasteiger partial charge in [0.25, 0.3) is 0 Å². The van der Waals surface area contributed by atoms with Gasteiger partial charge in [0, 0.05) is 19.0 Å². The van der Waals surface area contributed by atoms with Crippen molar-refractivity contribution >= 4 is 29.7 Å². The molecule has 0 spiro atoms. The molecular weight excluding hydrogens is 248 g/mol. The van der Waals surface area contributed by atoms with Gasteiger partial charge in [0.05, 0.1) is 6.10 Å². The molecule has 92 valence electrons. The summed E-state index contributed by atoms with van der Waals surface area (Å²) in [6.07, 6.45) is -0.343. The van der Waals surface area contributed by atoms with Gasteiger partial charge in [-0.25, -0.2) is 0 Å². The normalized spacial score (nSPS) is 13.7. The van der Waals surface area contributed by atoms with E-state index in [4.69, 9.17) is 5.73 Å². The summed E-state index contributed by atoms with van der Waals surface area (Å²) in [4.78, 5) is 11.2. The average Bonchev–Trinajstić information content (AvgIpc) is 2.65. The molecule has 0 fully saturated rings. The molecule has 0 bridgehead atoms. The molecule has 6 heteroatoms. The van der Waals surface area contributed by atoms with Crippen molar-refractivity contribution in [1.82, 2.24) is 5.32 Å². The minimum absolute atomic E-state index is 0. The third-order valence-electron chi connectivity index (χ3n) is 1.93. The van der Waals surface area contributed by atoms with Crippen LogP contribution in [0.2, 0.25) is 0 Å². The minimum atomic E-state index is -0.631. The monoisotopic (exact) mass is 264 g/mol. The standard InChI is InChI=1S/C10H16N2O2S.ClH/c1-7(11)4-10(14)12-5-9(13)8-2-3-15-6-8;/h2-3,6-7,9,13H,4-5,11H2,1H3,(H,12,14);1H. The number of carbonyl (C=O) groups is 1. The number of nitrogens with two attached hydrogens (primary N) is 1. The molecule has 0 aliphatic carbocycles. The van der Waals surface area contributed by atoms with Crippen LogP contribution in [0.15, 0.2) is 16.8 Å². The third-order valence-corrected chi connectivity index (χ3v) is 2.63. The molecule has 0 saturated carbocycles. The molecule has 1 rings (SSSR count). The van der Waals surface area contributed by atoms with Crippen LogP contribution in [0.5, 0.6) is 0 Å². The molecule has 0 aliphatic heterocycles. The van der Waals surface area contributed by atoms with Crippen molar-refractivity contribution in [3.63, 3.8) is 0 Å². The smallest absolute Gasteiger partial charge is 0.221 e. The van der Waals surface area contributed by atoms with Gasteiger partial charge < -0.3 is 16.2 Å². The zero-order valence-electron chi connectivity index (χ0n) is 9.05. The van der Waals surface area contributed by atoms with Gasteiger partial charge in [-0.3, -0.25) is 4.79 Å². The van der Waals surface area contributed by atoms with Crippen LogP contribution in [-0.2, 0) is 4.79 Å². The minimum Gasteiger partial charge on any atom is -0.387 e. The van der Waals surface area contributed by atoms with Gasteiger partial charge in [0.1, 0.15) is 0 Å². The Balaban J connectivity index is 0.00000225. The van der Waals surface area contributed by atoms with E-state index in [0.717, 1.165) is 5.56 Å². The van der Waals surface area contributed by atoms with Crippen molar-refractivity contribution in [3.8, 4) is 0 Å². The first kappa shape index (κ1) is 15.4. The van der Waals surface area contributed by atoms with E-state index in [2.05, 4.69) is 5.32 Å². The molecule has 0 radical (unpaired) electrons. The Hall–Kier alpha value is -0.620. The Bertz CT molecular complexity index is 304. The fraction of sp³-hybridized carbons (Fsp3) is 0.500. The Kier molecular flexibility index (Phi) is 7.33. The van der Waals surface area contributed by atoms with Gasteiger partial charge >= 0.3 is 0 Å². The Morgan fingerprint density at radius 3 is 2.88 bits per heavy atom.